The summed E-state index contributed by atoms with van der Waals surface area (Å²) < 4.78 is 27.7. The molecule has 2 aliphatic rings. The Morgan fingerprint density at radius 2 is 1.79 bits per heavy atom. The third-order valence-electron chi connectivity index (χ3n) is 6.15. The molecule has 2 aliphatic heterocycles. The van der Waals surface area contributed by atoms with Crippen LogP contribution in [0, 0.1) is 0 Å². The molecule has 0 radical (unpaired) electrons. The van der Waals surface area contributed by atoms with Crippen molar-refractivity contribution in [2.24, 2.45) is 5.16 Å². The molecule has 0 saturated carbocycles. The predicted octanol–water partition coefficient (Wildman–Crippen LogP) is 3.87. The molecule has 2 heterocycles. The van der Waals surface area contributed by atoms with Crippen LogP contribution >= 0.6 is 27.6 Å². The third kappa shape index (κ3) is 11.3. The van der Waals surface area contributed by atoms with E-state index in [2.05, 4.69) is 5.16 Å². The Balaban J connectivity index is 2.03. The van der Waals surface area contributed by atoms with Crippen LogP contribution in [0.4, 0.5) is 0 Å². The van der Waals surface area contributed by atoms with Crippen molar-refractivity contribution in [3.8, 4) is 11.5 Å². The number of hydrogen-bond donors (Lipinski definition) is 4. The highest BCUT2D eigenvalue weighted by atomic mass is 35.5. The van der Waals surface area contributed by atoms with Crippen LogP contribution in [0.5, 0.6) is 11.5 Å². The molecular formula is C26H35ClN2O11P2. The largest absolute Gasteiger partial charge is 0.483 e. The average Bonchev–Trinajstić information content (AvgIpc) is 2.94. The van der Waals surface area contributed by atoms with Crippen LogP contribution in [-0.4, -0.2) is 81.1 Å². The molecule has 16 heteroatoms. The SMILES string of the molecule is O=C1OCC/C=C/CC/C=C/C(=N\OCC(=O)N2CCCCC2)Cc2c(Cl)c(OCP(=O)(O)O)cc(OCP(O)O)c21. The average molecular weight is 649 g/mol. The first-order chi connectivity index (χ1) is 20.0. The summed E-state index contributed by atoms with van der Waals surface area (Å²) in [6, 6.07) is 1.13. The second-order valence-electron chi connectivity index (χ2n) is 9.47. The molecule has 1 saturated heterocycles. The number of amides is 1. The number of esters is 1. The third-order valence-corrected chi connectivity index (χ3v) is 7.39. The molecule has 1 aromatic carbocycles. The van der Waals surface area contributed by atoms with Gasteiger partial charge in [-0.25, -0.2) is 4.79 Å². The fourth-order valence-corrected chi connectivity index (χ4v) is 5.03. The molecule has 0 unspecified atom stereocenters. The van der Waals surface area contributed by atoms with Gasteiger partial charge in [0.15, 0.2) is 19.3 Å². The Bertz CT molecular complexity index is 1230. The van der Waals surface area contributed by atoms with Gasteiger partial charge in [0, 0.05) is 25.6 Å². The van der Waals surface area contributed by atoms with Gasteiger partial charge in [-0.1, -0.05) is 35.0 Å². The van der Waals surface area contributed by atoms with Gasteiger partial charge in [-0.3, -0.25) is 9.36 Å². The lowest BCUT2D eigenvalue weighted by molar-refractivity contribution is -0.137. The van der Waals surface area contributed by atoms with Crippen molar-refractivity contribution < 1.29 is 52.8 Å². The molecule has 42 heavy (non-hydrogen) atoms. The summed E-state index contributed by atoms with van der Waals surface area (Å²) in [5, 5.41) is 3.97. The summed E-state index contributed by atoms with van der Waals surface area (Å²) in [6.45, 7) is 1.05. The fourth-order valence-electron chi connectivity index (χ4n) is 4.20. The molecular weight excluding hydrogens is 614 g/mol. The maximum Gasteiger partial charge on any atom is 0.362 e. The summed E-state index contributed by atoms with van der Waals surface area (Å²) in [6.07, 6.45) is 10.3. The smallest absolute Gasteiger partial charge is 0.362 e. The van der Waals surface area contributed by atoms with Gasteiger partial charge in [-0.15, -0.1) is 0 Å². The molecule has 1 fully saturated rings. The summed E-state index contributed by atoms with van der Waals surface area (Å²) in [5.41, 5.74) is 0.178. The lowest BCUT2D eigenvalue weighted by Gasteiger charge is -2.26. The van der Waals surface area contributed by atoms with Gasteiger partial charge >= 0.3 is 13.6 Å². The minimum atomic E-state index is -4.62. The summed E-state index contributed by atoms with van der Waals surface area (Å²) in [4.78, 5) is 70.5. The van der Waals surface area contributed by atoms with E-state index < -0.39 is 34.6 Å². The van der Waals surface area contributed by atoms with E-state index in [1.54, 1.807) is 11.0 Å². The second-order valence-corrected chi connectivity index (χ2v) is 12.4. The molecule has 0 bridgehead atoms. The van der Waals surface area contributed by atoms with Gasteiger partial charge in [-0.2, -0.15) is 0 Å². The Morgan fingerprint density at radius 3 is 2.50 bits per heavy atom. The van der Waals surface area contributed by atoms with Gasteiger partial charge in [0.25, 0.3) is 5.91 Å². The number of ether oxygens (including phenoxy) is 3. The quantitative estimate of drug-likeness (QED) is 0.132. The van der Waals surface area contributed by atoms with Crippen LogP contribution in [-0.2, 0) is 25.4 Å². The van der Waals surface area contributed by atoms with Crippen LogP contribution in [0.15, 0.2) is 35.5 Å². The molecule has 0 aromatic heterocycles. The zero-order valence-electron chi connectivity index (χ0n) is 22.9. The van der Waals surface area contributed by atoms with Crippen LogP contribution in [0.1, 0.15) is 54.4 Å². The van der Waals surface area contributed by atoms with E-state index in [1.807, 2.05) is 18.2 Å². The van der Waals surface area contributed by atoms with E-state index in [1.165, 1.54) is 0 Å². The molecule has 13 nitrogen and oxygen atoms in total. The molecule has 4 N–H and O–H groups in total. The Kier molecular flexibility index (Phi) is 13.7. The Hall–Kier alpha value is -2.50. The molecule has 1 aromatic rings. The number of carbonyl (C=O) groups excluding carboxylic acids is 2. The number of halogens is 1. The van der Waals surface area contributed by atoms with Crippen LogP contribution in [0.2, 0.25) is 5.02 Å². The van der Waals surface area contributed by atoms with E-state index in [0.29, 0.717) is 32.4 Å². The highest BCUT2D eigenvalue weighted by Gasteiger charge is 2.28. The van der Waals surface area contributed by atoms with Crippen molar-refractivity contribution in [1.82, 2.24) is 4.90 Å². The van der Waals surface area contributed by atoms with Crippen molar-refractivity contribution in [3.63, 3.8) is 0 Å². The van der Waals surface area contributed by atoms with Crippen LogP contribution in [0.25, 0.3) is 0 Å². The number of cyclic esters (lactones) is 1. The molecule has 3 rings (SSSR count). The van der Waals surface area contributed by atoms with Crippen LogP contribution < -0.4 is 9.47 Å². The number of hydrogen-bond acceptors (Lipinski definition) is 10. The highest BCUT2D eigenvalue weighted by Crippen LogP contribution is 2.42. The standard InChI is InChI=1S/C26H35ClN2O11P2/c27-25-20-14-19(28-40-16-23(30)29-11-7-5-8-12-29)10-6-3-1-2-4-9-13-37-26(31)24(20)21(38-17-41(32)33)15-22(25)39-18-42(34,35)36/h2,4,6,10,15,32-33H,1,3,5,7-9,11-14,16-18H2,(H2,34,35,36)/b4-2+,10-6+,28-19+. The first kappa shape index (κ1) is 34.0. The lowest BCUT2D eigenvalue weighted by Crippen LogP contribution is -2.37. The molecule has 1 amide bonds. The zero-order chi connectivity index (χ0) is 30.5. The number of nitrogens with zero attached hydrogens (tertiary/aromatic N) is 2. The van der Waals surface area contributed by atoms with E-state index >= 15 is 0 Å². The summed E-state index contributed by atoms with van der Waals surface area (Å²) >= 11 is 6.63. The maximum atomic E-state index is 13.3. The maximum absolute atomic E-state index is 13.3. The monoisotopic (exact) mass is 648 g/mol. The van der Waals surface area contributed by atoms with Gasteiger partial charge in [-0.05, 0) is 50.2 Å². The minimum Gasteiger partial charge on any atom is -0.483 e. The molecule has 232 valence electrons. The van der Waals surface area contributed by atoms with Crippen molar-refractivity contribution in [2.75, 3.05) is 39.0 Å². The fraction of sp³-hybridized carbons (Fsp3) is 0.500. The molecule has 0 spiro atoms. The second kappa shape index (κ2) is 17.0. The Morgan fingerprint density at radius 1 is 1.07 bits per heavy atom. The van der Waals surface area contributed by atoms with E-state index in [0.717, 1.165) is 25.3 Å². The topological polar surface area (TPSA) is 185 Å². The van der Waals surface area contributed by atoms with Gasteiger partial charge < -0.3 is 43.5 Å². The normalized spacial score (nSPS) is 19.4. The first-order valence-corrected chi connectivity index (χ1v) is 16.9. The Labute approximate surface area is 249 Å². The number of fused-ring (bicyclic) bond motifs is 1. The zero-order valence-corrected chi connectivity index (χ0v) is 25.4. The van der Waals surface area contributed by atoms with Crippen LogP contribution in [0.3, 0.4) is 0 Å². The van der Waals surface area contributed by atoms with Gasteiger partial charge in [0.2, 0.25) is 8.38 Å². The van der Waals surface area contributed by atoms with Crippen molar-refractivity contribution in [2.45, 2.75) is 44.9 Å². The van der Waals surface area contributed by atoms with Crippen molar-refractivity contribution in [3.05, 3.63) is 46.5 Å². The van der Waals surface area contributed by atoms with E-state index in [-0.39, 0.29) is 58.9 Å². The van der Waals surface area contributed by atoms with E-state index in [9.17, 15) is 33.7 Å². The first-order valence-electron chi connectivity index (χ1n) is 13.3. The number of benzene rings is 1. The van der Waals surface area contributed by atoms with E-state index in [4.69, 9.17) is 30.6 Å². The number of likely N-dealkylation sites (tertiary alicyclic amines) is 1. The summed E-state index contributed by atoms with van der Waals surface area (Å²) in [7, 11) is -7.15. The summed E-state index contributed by atoms with van der Waals surface area (Å²) in [5.74, 6) is -1.47. The highest BCUT2D eigenvalue weighted by molar-refractivity contribution is 7.51. The number of rotatable bonds is 9. The number of piperidine rings is 1. The van der Waals surface area contributed by atoms with Crippen molar-refractivity contribution in [1.29, 1.82) is 0 Å². The molecule has 0 aliphatic carbocycles. The lowest BCUT2D eigenvalue weighted by atomic mass is 9.99. The van der Waals surface area contributed by atoms with Gasteiger partial charge in [0.1, 0.15) is 17.1 Å². The molecule has 0 atom stereocenters. The minimum absolute atomic E-state index is 0.0352. The predicted molar refractivity (Wildman–Crippen MR) is 156 cm³/mol. The van der Waals surface area contributed by atoms with Crippen molar-refractivity contribution >= 4 is 45.2 Å². The number of oxime groups is 1. The van der Waals surface area contributed by atoms with Gasteiger partial charge in [0.05, 0.1) is 17.3 Å². The number of allylic oxidation sites excluding steroid dienone is 3. The number of carbonyl (C=O) groups is 2.